The summed E-state index contributed by atoms with van der Waals surface area (Å²) in [5.41, 5.74) is -2.62. The standard InChI is InChI=1S/C20H20F6N2O3S/c1-2-31-18-6-4-3-5-17(18)27-7-9-28(10-8-27)32(29,30)16-12-14(19(21,22)23)11-15(13-16)20(24,25)26/h3-6,11-13H,2,7-10H2,1H3. The maximum Gasteiger partial charge on any atom is 0.416 e. The number of hydrogen-bond donors (Lipinski definition) is 0. The van der Waals surface area contributed by atoms with Gasteiger partial charge in [-0.3, -0.25) is 0 Å². The average molecular weight is 482 g/mol. The van der Waals surface area contributed by atoms with Crippen molar-refractivity contribution in [2.45, 2.75) is 24.2 Å². The van der Waals surface area contributed by atoms with Gasteiger partial charge >= 0.3 is 12.4 Å². The molecule has 32 heavy (non-hydrogen) atoms. The van der Waals surface area contributed by atoms with Gasteiger partial charge in [0, 0.05) is 26.2 Å². The molecule has 176 valence electrons. The lowest BCUT2D eigenvalue weighted by atomic mass is 10.1. The summed E-state index contributed by atoms with van der Waals surface area (Å²) in [7, 11) is -4.58. The monoisotopic (exact) mass is 482 g/mol. The SMILES string of the molecule is CCOc1ccccc1N1CCN(S(=O)(=O)c2cc(C(F)(F)F)cc(C(F)(F)F)c2)CC1. The van der Waals surface area contributed by atoms with Crippen LogP contribution in [0.25, 0.3) is 0 Å². The second-order valence-electron chi connectivity index (χ2n) is 7.03. The fraction of sp³-hybridized carbons (Fsp3) is 0.400. The van der Waals surface area contributed by atoms with Crippen LogP contribution in [-0.2, 0) is 22.4 Å². The number of benzene rings is 2. The van der Waals surface area contributed by atoms with Gasteiger partial charge in [0.25, 0.3) is 0 Å². The van der Waals surface area contributed by atoms with Crippen LogP contribution in [0.4, 0.5) is 32.0 Å². The van der Waals surface area contributed by atoms with Crippen LogP contribution in [0.2, 0.25) is 0 Å². The summed E-state index contributed by atoms with van der Waals surface area (Å²) in [5.74, 6) is 0.596. The summed E-state index contributed by atoms with van der Waals surface area (Å²) in [4.78, 5) is 0.812. The van der Waals surface area contributed by atoms with E-state index in [1.165, 1.54) is 0 Å². The molecule has 0 spiro atoms. The van der Waals surface area contributed by atoms with Gasteiger partial charge in [-0.25, -0.2) is 8.42 Å². The molecule has 5 nitrogen and oxygen atoms in total. The van der Waals surface area contributed by atoms with Gasteiger partial charge in [-0.2, -0.15) is 30.6 Å². The van der Waals surface area contributed by atoms with E-state index in [9.17, 15) is 34.8 Å². The van der Waals surface area contributed by atoms with Gasteiger partial charge in [-0.1, -0.05) is 12.1 Å². The smallest absolute Gasteiger partial charge is 0.416 e. The van der Waals surface area contributed by atoms with E-state index in [4.69, 9.17) is 4.74 Å². The summed E-state index contributed by atoms with van der Waals surface area (Å²) in [6.07, 6.45) is -10.3. The van der Waals surface area contributed by atoms with Crippen LogP contribution in [0.3, 0.4) is 0 Å². The first-order chi connectivity index (χ1) is 14.8. The Morgan fingerprint density at radius 1 is 0.875 bits per heavy atom. The minimum Gasteiger partial charge on any atom is -0.492 e. The predicted molar refractivity (Wildman–Crippen MR) is 105 cm³/mol. The summed E-state index contributed by atoms with van der Waals surface area (Å²) in [5, 5.41) is 0. The third-order valence-electron chi connectivity index (χ3n) is 4.94. The fourth-order valence-electron chi connectivity index (χ4n) is 3.39. The lowest BCUT2D eigenvalue weighted by Crippen LogP contribution is -2.48. The lowest BCUT2D eigenvalue weighted by Gasteiger charge is -2.36. The van der Waals surface area contributed by atoms with E-state index in [-0.39, 0.29) is 44.4 Å². The molecule has 12 heteroatoms. The highest BCUT2D eigenvalue weighted by Crippen LogP contribution is 2.38. The molecule has 0 unspecified atom stereocenters. The number of sulfonamides is 1. The molecule has 0 bridgehead atoms. The van der Waals surface area contributed by atoms with Crippen molar-refractivity contribution in [1.82, 2.24) is 4.31 Å². The van der Waals surface area contributed by atoms with Crippen LogP contribution < -0.4 is 9.64 Å². The summed E-state index contributed by atoms with van der Waals surface area (Å²) in [6, 6.07) is 7.48. The molecule has 1 fully saturated rings. The lowest BCUT2D eigenvalue weighted by molar-refractivity contribution is -0.143. The molecule has 0 radical (unpaired) electrons. The van der Waals surface area contributed by atoms with Crippen LogP contribution in [0.15, 0.2) is 47.4 Å². The van der Waals surface area contributed by atoms with Gasteiger partial charge in [0.05, 0.1) is 28.3 Å². The van der Waals surface area contributed by atoms with Gasteiger partial charge in [0.1, 0.15) is 5.75 Å². The zero-order chi connectivity index (χ0) is 23.7. The number of anilines is 1. The second kappa shape index (κ2) is 8.81. The van der Waals surface area contributed by atoms with Crippen molar-refractivity contribution in [3.8, 4) is 5.75 Å². The normalized spacial score (nSPS) is 16.3. The number of ether oxygens (including phenoxy) is 1. The predicted octanol–water partition coefficient (Wildman–Crippen LogP) is 4.63. The third-order valence-corrected chi connectivity index (χ3v) is 6.82. The van der Waals surface area contributed by atoms with Crippen molar-refractivity contribution in [2.24, 2.45) is 0 Å². The Balaban J connectivity index is 1.87. The number of piperazine rings is 1. The van der Waals surface area contributed by atoms with Crippen molar-refractivity contribution >= 4 is 15.7 Å². The van der Waals surface area contributed by atoms with Crippen LogP contribution in [0.1, 0.15) is 18.1 Å². The Morgan fingerprint density at radius 2 is 1.41 bits per heavy atom. The molecule has 0 amide bonds. The Hall–Kier alpha value is -2.47. The number of nitrogens with zero attached hydrogens (tertiary/aromatic N) is 2. The van der Waals surface area contributed by atoms with E-state index >= 15 is 0 Å². The summed E-state index contributed by atoms with van der Waals surface area (Å²) in [6.45, 7) is 2.39. The zero-order valence-electron chi connectivity index (χ0n) is 16.9. The maximum atomic E-state index is 13.1. The molecule has 0 aromatic heterocycles. The van der Waals surface area contributed by atoms with Crippen LogP contribution in [0.5, 0.6) is 5.75 Å². The average Bonchev–Trinajstić information content (AvgIpc) is 2.73. The van der Waals surface area contributed by atoms with E-state index < -0.39 is 38.4 Å². The fourth-order valence-corrected chi connectivity index (χ4v) is 4.88. The minimum absolute atomic E-state index is 0.0956. The first kappa shape index (κ1) is 24.2. The van der Waals surface area contributed by atoms with E-state index in [1.54, 1.807) is 24.3 Å². The maximum absolute atomic E-state index is 13.1. The topological polar surface area (TPSA) is 49.9 Å². The number of halogens is 6. The van der Waals surface area contributed by atoms with Crippen LogP contribution >= 0.6 is 0 Å². The van der Waals surface area contributed by atoms with E-state index in [2.05, 4.69) is 0 Å². The quantitative estimate of drug-likeness (QED) is 0.583. The number of para-hydroxylation sites is 2. The molecule has 0 atom stereocenters. The molecule has 1 heterocycles. The third kappa shape index (κ3) is 5.12. The highest BCUT2D eigenvalue weighted by Gasteiger charge is 2.39. The molecule has 2 aromatic rings. The molecule has 3 rings (SSSR count). The van der Waals surface area contributed by atoms with Gasteiger partial charge in [-0.05, 0) is 37.3 Å². The molecule has 1 saturated heterocycles. The van der Waals surface area contributed by atoms with E-state index in [0.29, 0.717) is 12.4 Å². The summed E-state index contributed by atoms with van der Waals surface area (Å²) >= 11 is 0. The Labute approximate surface area is 181 Å². The van der Waals surface area contributed by atoms with Crippen molar-refractivity contribution < 1.29 is 39.5 Å². The minimum atomic E-state index is -5.13. The highest BCUT2D eigenvalue weighted by atomic mass is 32.2. The van der Waals surface area contributed by atoms with Crippen molar-refractivity contribution in [3.05, 3.63) is 53.6 Å². The summed E-state index contributed by atoms with van der Waals surface area (Å²) < 4.78 is 111. The molecular formula is C20H20F6N2O3S. The molecule has 0 N–H and O–H groups in total. The number of rotatable bonds is 5. The second-order valence-corrected chi connectivity index (χ2v) is 8.97. The van der Waals surface area contributed by atoms with Crippen LogP contribution in [-0.4, -0.2) is 45.5 Å². The molecule has 0 saturated carbocycles. The van der Waals surface area contributed by atoms with E-state index in [0.717, 1.165) is 9.99 Å². The molecular weight excluding hydrogens is 462 g/mol. The molecule has 1 aliphatic heterocycles. The van der Waals surface area contributed by atoms with E-state index in [1.807, 2.05) is 11.8 Å². The largest absolute Gasteiger partial charge is 0.492 e. The zero-order valence-corrected chi connectivity index (χ0v) is 17.7. The number of alkyl halides is 6. The van der Waals surface area contributed by atoms with Gasteiger partial charge < -0.3 is 9.64 Å². The Kier molecular flexibility index (Phi) is 6.66. The van der Waals surface area contributed by atoms with Gasteiger partial charge in [-0.15, -0.1) is 0 Å². The molecule has 0 aliphatic carbocycles. The number of hydrogen-bond acceptors (Lipinski definition) is 4. The first-order valence-corrected chi connectivity index (χ1v) is 11.0. The first-order valence-electron chi connectivity index (χ1n) is 9.60. The highest BCUT2D eigenvalue weighted by molar-refractivity contribution is 7.89. The Bertz CT molecular complexity index is 1030. The molecule has 2 aromatic carbocycles. The van der Waals surface area contributed by atoms with Crippen LogP contribution in [0, 0.1) is 0 Å². The molecule has 1 aliphatic rings. The van der Waals surface area contributed by atoms with Crippen molar-refractivity contribution in [2.75, 3.05) is 37.7 Å². The van der Waals surface area contributed by atoms with Crippen molar-refractivity contribution in [3.63, 3.8) is 0 Å². The Morgan fingerprint density at radius 3 is 1.91 bits per heavy atom. The van der Waals surface area contributed by atoms with Gasteiger partial charge in [0.2, 0.25) is 10.0 Å². The van der Waals surface area contributed by atoms with Crippen molar-refractivity contribution in [1.29, 1.82) is 0 Å². The van der Waals surface area contributed by atoms with Gasteiger partial charge in [0.15, 0.2) is 0 Å².